The molecule has 1 atom stereocenters. The number of hydrogen-bond donors (Lipinski definition) is 1. The minimum absolute atomic E-state index is 0.533. The van der Waals surface area contributed by atoms with Crippen LogP contribution < -0.4 is 10.6 Å². The fourth-order valence-corrected chi connectivity index (χ4v) is 2.87. The van der Waals surface area contributed by atoms with Crippen LogP contribution >= 0.6 is 15.9 Å². The van der Waals surface area contributed by atoms with Crippen molar-refractivity contribution in [1.29, 1.82) is 0 Å². The number of aromatic nitrogens is 1. The van der Waals surface area contributed by atoms with Gasteiger partial charge in [0.2, 0.25) is 0 Å². The Bertz CT molecular complexity index is 410. The zero-order chi connectivity index (χ0) is 13.1. The van der Waals surface area contributed by atoms with Crippen LogP contribution in [0.5, 0.6) is 0 Å². The van der Waals surface area contributed by atoms with Crippen LogP contribution in [0.2, 0.25) is 0 Å². The van der Waals surface area contributed by atoms with Gasteiger partial charge in [-0.1, -0.05) is 6.92 Å². The predicted octanol–water partition coefficient (Wildman–Crippen LogP) is 1.83. The second kappa shape index (κ2) is 5.99. The Balaban J connectivity index is 2.21. The van der Waals surface area contributed by atoms with Crippen molar-refractivity contribution in [2.45, 2.75) is 25.9 Å². The second-order valence-corrected chi connectivity index (χ2v) is 5.74. The Hall–Kier alpha value is -0.650. The molecule has 0 amide bonds. The largest absolute Gasteiger partial charge is 0.353 e. The Morgan fingerprint density at radius 3 is 2.94 bits per heavy atom. The molecule has 1 aliphatic heterocycles. The summed E-state index contributed by atoms with van der Waals surface area (Å²) in [7, 11) is 2.20. The van der Waals surface area contributed by atoms with Crippen molar-refractivity contribution in [2.75, 3.05) is 31.6 Å². The molecule has 18 heavy (non-hydrogen) atoms. The summed E-state index contributed by atoms with van der Waals surface area (Å²) in [6.07, 6.45) is 3.02. The molecule has 100 valence electrons. The fourth-order valence-electron chi connectivity index (χ4n) is 2.49. The second-order valence-electron chi connectivity index (χ2n) is 4.83. The summed E-state index contributed by atoms with van der Waals surface area (Å²) in [5, 5.41) is 0. The SMILES string of the molecule is CCC1CN(c2ncc(Br)cc2CN)CCN1C. The summed E-state index contributed by atoms with van der Waals surface area (Å²) in [4.78, 5) is 9.34. The summed E-state index contributed by atoms with van der Waals surface area (Å²) in [5.41, 5.74) is 6.94. The number of anilines is 1. The molecule has 2 heterocycles. The standard InChI is InChI=1S/C13H21BrN4/c1-3-12-9-18(5-4-17(12)2)13-10(7-15)6-11(14)8-16-13/h6,8,12H,3-5,7,9,15H2,1-2H3. The Kier molecular flexibility index (Phi) is 4.59. The minimum Gasteiger partial charge on any atom is -0.353 e. The van der Waals surface area contributed by atoms with Crippen LogP contribution in [-0.4, -0.2) is 42.6 Å². The van der Waals surface area contributed by atoms with Crippen molar-refractivity contribution >= 4 is 21.7 Å². The van der Waals surface area contributed by atoms with Crippen molar-refractivity contribution in [3.8, 4) is 0 Å². The Labute approximate surface area is 117 Å². The lowest BCUT2D eigenvalue weighted by atomic mass is 10.1. The molecule has 2 rings (SSSR count). The molecule has 1 aromatic rings. The lowest BCUT2D eigenvalue weighted by Gasteiger charge is -2.40. The number of piperazine rings is 1. The molecule has 1 aromatic heterocycles. The third-order valence-electron chi connectivity index (χ3n) is 3.68. The van der Waals surface area contributed by atoms with E-state index in [0.29, 0.717) is 12.6 Å². The van der Waals surface area contributed by atoms with Crippen LogP contribution in [0.3, 0.4) is 0 Å². The van der Waals surface area contributed by atoms with Crippen LogP contribution in [0.1, 0.15) is 18.9 Å². The molecule has 1 aliphatic rings. The number of nitrogens with zero attached hydrogens (tertiary/aromatic N) is 3. The van der Waals surface area contributed by atoms with Crippen LogP contribution in [0.25, 0.3) is 0 Å². The average molecular weight is 313 g/mol. The summed E-state index contributed by atoms with van der Waals surface area (Å²) < 4.78 is 0.993. The zero-order valence-electron chi connectivity index (χ0n) is 11.1. The van der Waals surface area contributed by atoms with Gasteiger partial charge in [0.05, 0.1) is 0 Å². The number of halogens is 1. The lowest BCUT2D eigenvalue weighted by molar-refractivity contribution is 0.212. The quantitative estimate of drug-likeness (QED) is 0.925. The maximum Gasteiger partial charge on any atom is 0.133 e. The van der Waals surface area contributed by atoms with E-state index in [9.17, 15) is 0 Å². The average Bonchev–Trinajstić information content (AvgIpc) is 2.39. The molecule has 0 aromatic carbocycles. The highest BCUT2D eigenvalue weighted by Crippen LogP contribution is 2.24. The first-order valence-electron chi connectivity index (χ1n) is 6.45. The third kappa shape index (κ3) is 2.84. The van der Waals surface area contributed by atoms with E-state index in [2.05, 4.69) is 50.8 Å². The zero-order valence-corrected chi connectivity index (χ0v) is 12.7. The minimum atomic E-state index is 0.533. The van der Waals surface area contributed by atoms with E-state index >= 15 is 0 Å². The van der Waals surface area contributed by atoms with Gasteiger partial charge in [-0.15, -0.1) is 0 Å². The van der Waals surface area contributed by atoms with Gasteiger partial charge in [-0.25, -0.2) is 4.98 Å². The van der Waals surface area contributed by atoms with Gasteiger partial charge in [0, 0.05) is 48.5 Å². The van der Waals surface area contributed by atoms with Crippen molar-refractivity contribution in [3.05, 3.63) is 22.3 Å². The summed E-state index contributed by atoms with van der Waals surface area (Å²) in [6, 6.07) is 2.68. The first-order valence-corrected chi connectivity index (χ1v) is 7.24. The Morgan fingerprint density at radius 2 is 2.28 bits per heavy atom. The smallest absolute Gasteiger partial charge is 0.133 e. The van der Waals surface area contributed by atoms with E-state index in [-0.39, 0.29) is 0 Å². The number of likely N-dealkylation sites (N-methyl/N-ethyl adjacent to an activating group) is 1. The van der Waals surface area contributed by atoms with Gasteiger partial charge in [0.1, 0.15) is 5.82 Å². The normalized spacial score (nSPS) is 21.3. The fraction of sp³-hybridized carbons (Fsp3) is 0.615. The highest BCUT2D eigenvalue weighted by atomic mass is 79.9. The number of rotatable bonds is 3. The number of hydrogen-bond acceptors (Lipinski definition) is 4. The van der Waals surface area contributed by atoms with Gasteiger partial charge in [0.15, 0.2) is 0 Å². The monoisotopic (exact) mass is 312 g/mol. The van der Waals surface area contributed by atoms with Crippen LogP contribution in [0.4, 0.5) is 5.82 Å². The molecule has 0 saturated carbocycles. The molecule has 0 spiro atoms. The van der Waals surface area contributed by atoms with Crippen molar-refractivity contribution in [2.24, 2.45) is 5.73 Å². The first-order chi connectivity index (χ1) is 8.65. The highest BCUT2D eigenvalue weighted by molar-refractivity contribution is 9.10. The molecule has 4 nitrogen and oxygen atoms in total. The van der Waals surface area contributed by atoms with Gasteiger partial charge >= 0.3 is 0 Å². The van der Waals surface area contributed by atoms with Crippen LogP contribution in [-0.2, 0) is 6.54 Å². The van der Waals surface area contributed by atoms with Crippen molar-refractivity contribution < 1.29 is 0 Å². The number of pyridine rings is 1. The molecule has 1 saturated heterocycles. The van der Waals surface area contributed by atoms with Gasteiger partial charge in [-0.05, 0) is 35.5 Å². The van der Waals surface area contributed by atoms with Crippen molar-refractivity contribution in [3.63, 3.8) is 0 Å². The van der Waals surface area contributed by atoms with E-state index in [4.69, 9.17) is 5.73 Å². The summed E-state index contributed by atoms with van der Waals surface area (Å²) >= 11 is 3.45. The van der Waals surface area contributed by atoms with Gasteiger partial charge < -0.3 is 10.6 Å². The highest BCUT2D eigenvalue weighted by Gasteiger charge is 2.24. The molecule has 1 fully saturated rings. The summed E-state index contributed by atoms with van der Waals surface area (Å²) in [5.74, 6) is 1.05. The maximum absolute atomic E-state index is 5.82. The van der Waals surface area contributed by atoms with E-state index in [0.717, 1.165) is 35.5 Å². The maximum atomic E-state index is 5.82. The molecule has 0 aliphatic carbocycles. The van der Waals surface area contributed by atoms with E-state index in [1.165, 1.54) is 6.42 Å². The molecule has 0 radical (unpaired) electrons. The van der Waals surface area contributed by atoms with E-state index in [1.807, 2.05) is 6.20 Å². The molecular weight excluding hydrogens is 292 g/mol. The van der Waals surface area contributed by atoms with Crippen LogP contribution in [0.15, 0.2) is 16.7 Å². The van der Waals surface area contributed by atoms with E-state index in [1.54, 1.807) is 0 Å². The Morgan fingerprint density at radius 1 is 1.50 bits per heavy atom. The molecule has 0 bridgehead atoms. The third-order valence-corrected chi connectivity index (χ3v) is 4.11. The van der Waals surface area contributed by atoms with Crippen LogP contribution in [0, 0.1) is 0 Å². The van der Waals surface area contributed by atoms with Gasteiger partial charge in [-0.3, -0.25) is 4.90 Å². The van der Waals surface area contributed by atoms with Gasteiger partial charge in [-0.2, -0.15) is 0 Å². The molecule has 5 heteroatoms. The molecule has 2 N–H and O–H groups in total. The molecular formula is C13H21BrN4. The van der Waals surface area contributed by atoms with Gasteiger partial charge in [0.25, 0.3) is 0 Å². The topological polar surface area (TPSA) is 45.4 Å². The van der Waals surface area contributed by atoms with Crippen molar-refractivity contribution in [1.82, 2.24) is 9.88 Å². The first kappa shape index (κ1) is 13.8. The number of nitrogens with two attached hydrogens (primary N) is 1. The molecule has 1 unspecified atom stereocenters. The summed E-state index contributed by atoms with van der Waals surface area (Å²) in [6.45, 7) is 5.91. The lowest BCUT2D eigenvalue weighted by Crippen LogP contribution is -2.51. The predicted molar refractivity (Wildman–Crippen MR) is 78.8 cm³/mol. The van der Waals surface area contributed by atoms with E-state index < -0.39 is 0 Å².